The summed E-state index contributed by atoms with van der Waals surface area (Å²) in [7, 11) is 0. The third kappa shape index (κ3) is 6.30. The van der Waals surface area contributed by atoms with Crippen molar-refractivity contribution in [3.63, 3.8) is 0 Å². The van der Waals surface area contributed by atoms with E-state index in [0.717, 1.165) is 24.8 Å². The molecule has 106 valence electrons. The Hall–Kier alpha value is -1.48. The van der Waals surface area contributed by atoms with Crippen molar-refractivity contribution >= 4 is 0 Å². The molecule has 1 aromatic carbocycles. The zero-order valence-electron chi connectivity index (χ0n) is 12.0. The lowest BCUT2D eigenvalue weighted by atomic mass is 9.98. The molecule has 0 fully saturated rings. The second-order valence-corrected chi connectivity index (χ2v) is 5.73. The summed E-state index contributed by atoms with van der Waals surface area (Å²) in [5, 5.41) is 28.7. The number of phenols is 2. The molecule has 0 amide bonds. The fourth-order valence-corrected chi connectivity index (χ4v) is 1.92. The second kappa shape index (κ2) is 6.62. The normalized spacial score (nSPS) is 12.7. The first-order valence-electron chi connectivity index (χ1n) is 6.67. The van der Waals surface area contributed by atoms with Gasteiger partial charge in [0.1, 0.15) is 11.5 Å². The number of rotatable bonds is 6. The van der Waals surface area contributed by atoms with Gasteiger partial charge in [-0.15, -0.1) is 0 Å². The van der Waals surface area contributed by atoms with E-state index in [2.05, 4.69) is 6.08 Å². The summed E-state index contributed by atoms with van der Waals surface area (Å²) in [4.78, 5) is 0. The van der Waals surface area contributed by atoms with Gasteiger partial charge in [-0.3, -0.25) is 0 Å². The first kappa shape index (κ1) is 15.6. The summed E-state index contributed by atoms with van der Waals surface area (Å²) < 4.78 is 0. The van der Waals surface area contributed by atoms with Crippen molar-refractivity contribution in [3.8, 4) is 11.5 Å². The molecule has 0 aromatic heterocycles. The van der Waals surface area contributed by atoms with Crippen LogP contribution in [-0.4, -0.2) is 20.9 Å². The van der Waals surface area contributed by atoms with E-state index in [1.165, 1.54) is 17.7 Å². The molecule has 3 N–H and O–H groups in total. The van der Waals surface area contributed by atoms with Gasteiger partial charge in [0.15, 0.2) is 0 Å². The molecule has 0 bridgehead atoms. The average molecular weight is 264 g/mol. The van der Waals surface area contributed by atoms with E-state index >= 15 is 0 Å². The quantitative estimate of drug-likeness (QED) is 0.544. The number of hydrogen-bond donors (Lipinski definition) is 3. The van der Waals surface area contributed by atoms with Crippen LogP contribution in [0, 0.1) is 0 Å². The van der Waals surface area contributed by atoms with Crippen molar-refractivity contribution in [3.05, 3.63) is 35.4 Å². The van der Waals surface area contributed by atoms with E-state index in [4.69, 9.17) is 0 Å². The van der Waals surface area contributed by atoms with Crippen molar-refractivity contribution in [1.29, 1.82) is 0 Å². The monoisotopic (exact) mass is 264 g/mol. The van der Waals surface area contributed by atoms with Crippen molar-refractivity contribution < 1.29 is 15.3 Å². The Morgan fingerprint density at radius 2 is 1.95 bits per heavy atom. The van der Waals surface area contributed by atoms with Gasteiger partial charge in [-0.1, -0.05) is 11.6 Å². The molecule has 0 atom stereocenters. The molecule has 3 nitrogen and oxygen atoms in total. The van der Waals surface area contributed by atoms with Crippen LogP contribution in [0.1, 0.15) is 45.6 Å². The predicted octanol–water partition coefficient (Wildman–Crippen LogP) is 3.53. The van der Waals surface area contributed by atoms with E-state index in [0.29, 0.717) is 6.42 Å². The third-order valence-corrected chi connectivity index (χ3v) is 3.09. The van der Waals surface area contributed by atoms with Crippen molar-refractivity contribution in [2.24, 2.45) is 0 Å². The van der Waals surface area contributed by atoms with Crippen LogP contribution in [0.5, 0.6) is 11.5 Å². The first-order valence-corrected chi connectivity index (χ1v) is 6.67. The summed E-state index contributed by atoms with van der Waals surface area (Å²) in [5.41, 5.74) is 1.35. The Kier molecular flexibility index (Phi) is 5.43. The molecule has 0 saturated carbocycles. The molecule has 0 radical (unpaired) electrons. The summed E-state index contributed by atoms with van der Waals surface area (Å²) in [6.07, 6.45) is 5.31. The minimum absolute atomic E-state index is 0.167. The van der Waals surface area contributed by atoms with Gasteiger partial charge in [0, 0.05) is 5.56 Å². The lowest BCUT2D eigenvalue weighted by Gasteiger charge is -2.16. The smallest absolute Gasteiger partial charge is 0.119 e. The molecular weight excluding hydrogens is 240 g/mol. The minimum Gasteiger partial charge on any atom is -0.508 e. The van der Waals surface area contributed by atoms with Gasteiger partial charge in [0.25, 0.3) is 0 Å². The van der Waals surface area contributed by atoms with Crippen molar-refractivity contribution in [2.45, 2.75) is 52.1 Å². The zero-order valence-corrected chi connectivity index (χ0v) is 12.0. The zero-order chi connectivity index (χ0) is 14.5. The van der Waals surface area contributed by atoms with E-state index in [1.807, 2.05) is 20.8 Å². The van der Waals surface area contributed by atoms with E-state index in [-0.39, 0.29) is 11.5 Å². The molecule has 19 heavy (non-hydrogen) atoms. The highest BCUT2D eigenvalue weighted by Crippen LogP contribution is 2.23. The van der Waals surface area contributed by atoms with Gasteiger partial charge in [-0.2, -0.15) is 0 Å². The molecule has 0 unspecified atom stereocenters. The Bertz CT molecular complexity index is 442. The van der Waals surface area contributed by atoms with E-state index in [9.17, 15) is 15.3 Å². The molecule has 1 rings (SSSR count). The van der Waals surface area contributed by atoms with Crippen LogP contribution in [0.2, 0.25) is 0 Å². The molecular formula is C16H24O3. The number of phenolic OH excluding ortho intramolecular Hbond substituents is 2. The first-order chi connectivity index (χ1) is 8.78. The van der Waals surface area contributed by atoms with Gasteiger partial charge >= 0.3 is 0 Å². The van der Waals surface area contributed by atoms with Crippen molar-refractivity contribution in [1.82, 2.24) is 0 Å². The van der Waals surface area contributed by atoms with Gasteiger partial charge in [-0.25, -0.2) is 0 Å². The molecule has 0 heterocycles. The summed E-state index contributed by atoms with van der Waals surface area (Å²) in [6, 6.07) is 4.55. The number of aromatic hydroxyl groups is 2. The number of hydrogen-bond acceptors (Lipinski definition) is 3. The fourth-order valence-electron chi connectivity index (χ4n) is 1.92. The summed E-state index contributed by atoms with van der Waals surface area (Å²) >= 11 is 0. The van der Waals surface area contributed by atoms with Crippen LogP contribution in [0.15, 0.2) is 29.8 Å². The maximum Gasteiger partial charge on any atom is 0.119 e. The van der Waals surface area contributed by atoms with Gasteiger partial charge in [-0.05, 0) is 64.7 Å². The summed E-state index contributed by atoms with van der Waals surface area (Å²) in [5.74, 6) is 0.374. The van der Waals surface area contributed by atoms with Crippen LogP contribution in [0.3, 0.4) is 0 Å². The SMILES string of the molecule is C/C(=C\Cc1cc(O)ccc1O)CCCC(C)(C)O. The lowest BCUT2D eigenvalue weighted by molar-refractivity contribution is 0.0689. The largest absolute Gasteiger partial charge is 0.508 e. The number of allylic oxidation sites excluding steroid dienone is 2. The number of benzene rings is 1. The Balaban J connectivity index is 2.49. The average Bonchev–Trinajstić information content (AvgIpc) is 2.28. The highest BCUT2D eigenvalue weighted by molar-refractivity contribution is 5.39. The fraction of sp³-hybridized carbons (Fsp3) is 0.500. The second-order valence-electron chi connectivity index (χ2n) is 5.73. The highest BCUT2D eigenvalue weighted by atomic mass is 16.3. The van der Waals surface area contributed by atoms with Crippen LogP contribution >= 0.6 is 0 Å². The van der Waals surface area contributed by atoms with Crippen molar-refractivity contribution in [2.75, 3.05) is 0 Å². The van der Waals surface area contributed by atoms with Gasteiger partial charge < -0.3 is 15.3 Å². The topological polar surface area (TPSA) is 60.7 Å². The van der Waals surface area contributed by atoms with Crippen LogP contribution in [-0.2, 0) is 6.42 Å². The lowest BCUT2D eigenvalue weighted by Crippen LogP contribution is -2.17. The van der Waals surface area contributed by atoms with E-state index in [1.54, 1.807) is 6.07 Å². The van der Waals surface area contributed by atoms with E-state index < -0.39 is 5.60 Å². The highest BCUT2D eigenvalue weighted by Gasteiger charge is 2.11. The van der Waals surface area contributed by atoms with Gasteiger partial charge in [0.05, 0.1) is 5.60 Å². The molecule has 3 heteroatoms. The molecule has 1 aromatic rings. The standard InChI is InChI=1S/C16H24O3/c1-12(5-4-10-16(2,3)19)6-7-13-11-14(17)8-9-15(13)18/h6,8-9,11,17-19H,4-5,7,10H2,1-3H3/b12-6+. The molecule has 0 saturated heterocycles. The number of aliphatic hydroxyl groups is 1. The minimum atomic E-state index is -0.607. The third-order valence-electron chi connectivity index (χ3n) is 3.09. The Morgan fingerprint density at radius 3 is 2.58 bits per heavy atom. The van der Waals surface area contributed by atoms with Gasteiger partial charge in [0.2, 0.25) is 0 Å². The van der Waals surface area contributed by atoms with Crippen LogP contribution in [0.4, 0.5) is 0 Å². The molecule has 0 aliphatic rings. The Labute approximate surface area is 115 Å². The van der Waals surface area contributed by atoms with Crippen LogP contribution in [0.25, 0.3) is 0 Å². The summed E-state index contributed by atoms with van der Waals surface area (Å²) in [6.45, 7) is 5.68. The predicted molar refractivity (Wildman–Crippen MR) is 77.4 cm³/mol. The Morgan fingerprint density at radius 1 is 1.26 bits per heavy atom. The maximum atomic E-state index is 9.66. The maximum absolute atomic E-state index is 9.66. The molecule has 0 spiro atoms. The van der Waals surface area contributed by atoms with Crippen LogP contribution < -0.4 is 0 Å². The molecule has 0 aliphatic heterocycles. The molecule has 0 aliphatic carbocycles.